The largest absolute Gasteiger partial charge is 0.490 e. The van der Waals surface area contributed by atoms with E-state index in [4.69, 9.17) is 54.2 Å². The highest BCUT2D eigenvalue weighted by atomic mass is 35.5. The summed E-state index contributed by atoms with van der Waals surface area (Å²) < 4.78 is 11.7. The molecule has 1 heterocycles. The lowest BCUT2D eigenvalue weighted by molar-refractivity contribution is -0.128. The van der Waals surface area contributed by atoms with Crippen LogP contribution in [0.1, 0.15) is 41.5 Å². The lowest BCUT2D eigenvalue weighted by Crippen LogP contribution is -2.39. The van der Waals surface area contributed by atoms with Crippen LogP contribution in [0.15, 0.2) is 60.2 Å². The molecule has 2 N–H and O–H groups in total. The molecule has 5 rings (SSSR count). The summed E-state index contributed by atoms with van der Waals surface area (Å²) in [5.74, 6) is 1.47. The molecule has 0 bridgehead atoms. The molecule has 0 radical (unpaired) electrons. The van der Waals surface area contributed by atoms with Crippen LogP contribution in [0.4, 0.5) is 0 Å². The number of nitrogens with zero attached hydrogens (tertiary/aromatic N) is 1. The lowest BCUT2D eigenvalue weighted by atomic mass is 9.93. The van der Waals surface area contributed by atoms with Crippen molar-refractivity contribution in [3.63, 3.8) is 0 Å². The van der Waals surface area contributed by atoms with E-state index in [2.05, 4.69) is 5.32 Å². The predicted molar refractivity (Wildman–Crippen MR) is 171 cm³/mol. The Morgan fingerprint density at radius 1 is 1.00 bits per heavy atom. The molecular formula is C33H35Cl3N2O5. The van der Waals surface area contributed by atoms with Gasteiger partial charge >= 0.3 is 0 Å². The Labute approximate surface area is 267 Å². The monoisotopic (exact) mass is 644 g/mol. The van der Waals surface area contributed by atoms with E-state index in [1.807, 2.05) is 67.3 Å². The normalized spacial score (nSPS) is 14.4. The van der Waals surface area contributed by atoms with Crippen molar-refractivity contribution in [2.75, 3.05) is 26.3 Å². The molecule has 3 aromatic carbocycles. The molecule has 0 saturated heterocycles. The Bertz CT molecular complexity index is 1470. The Morgan fingerprint density at radius 3 is 2.37 bits per heavy atom. The number of hydrogen-bond donors (Lipinski definition) is 2. The Kier molecular flexibility index (Phi) is 11.8. The minimum Gasteiger partial charge on any atom is -0.490 e. The smallest absolute Gasteiger partial charge is 0.290 e. The van der Waals surface area contributed by atoms with Crippen LogP contribution in [0, 0.1) is 13.8 Å². The number of benzene rings is 3. The zero-order chi connectivity index (χ0) is 30.9. The van der Waals surface area contributed by atoms with Crippen molar-refractivity contribution in [3.8, 4) is 11.5 Å². The molecule has 0 spiro atoms. The number of carboxylic acid groups (broad SMARTS) is 1. The minimum absolute atomic E-state index is 0.0585. The number of ether oxygens (including phenoxy) is 2. The van der Waals surface area contributed by atoms with Crippen LogP contribution >= 0.6 is 34.8 Å². The summed E-state index contributed by atoms with van der Waals surface area (Å²) in [6.07, 6.45) is 2.79. The fourth-order valence-electron chi connectivity index (χ4n) is 4.92. The molecule has 1 aliphatic carbocycles. The van der Waals surface area contributed by atoms with Crippen LogP contribution in [-0.2, 0) is 16.1 Å². The molecule has 0 atom stereocenters. The first-order valence-electron chi connectivity index (χ1n) is 14.1. The summed E-state index contributed by atoms with van der Waals surface area (Å²) in [5, 5.41) is 11.9. The van der Waals surface area contributed by atoms with Gasteiger partial charge in [-0.3, -0.25) is 9.59 Å². The SMILES string of the molecule is Cc1cc(Cl)c(OCCOc2ccc(C3=C(C(=O)N(Cc4cccc(Cl)c4Cl)C4CC4)CNCC3)cc2)cc1C.O=CO. The van der Waals surface area contributed by atoms with E-state index >= 15 is 0 Å². The summed E-state index contributed by atoms with van der Waals surface area (Å²) in [6.45, 7) is 6.39. The number of carbonyl (C=O) groups is 2. The van der Waals surface area contributed by atoms with Crippen LogP contribution in [0.25, 0.3) is 5.57 Å². The Balaban J connectivity index is 0.00000135. The van der Waals surface area contributed by atoms with Gasteiger partial charge in [0, 0.05) is 24.7 Å². The van der Waals surface area contributed by atoms with Gasteiger partial charge in [-0.05, 0) is 97.8 Å². The van der Waals surface area contributed by atoms with Gasteiger partial charge in [-0.1, -0.05) is 59.1 Å². The highest BCUT2D eigenvalue weighted by molar-refractivity contribution is 6.42. The van der Waals surface area contributed by atoms with Crippen LogP contribution in [0.3, 0.4) is 0 Å². The minimum atomic E-state index is -0.250. The second-order valence-electron chi connectivity index (χ2n) is 10.5. The second-order valence-corrected chi connectivity index (χ2v) is 11.6. The number of carbonyl (C=O) groups excluding carboxylic acids is 1. The molecule has 7 nitrogen and oxygen atoms in total. The maximum Gasteiger partial charge on any atom is 0.290 e. The quantitative estimate of drug-likeness (QED) is 0.177. The first-order chi connectivity index (χ1) is 20.7. The molecule has 2 aliphatic rings. The van der Waals surface area contributed by atoms with Gasteiger partial charge in [0.25, 0.3) is 12.4 Å². The zero-order valence-corrected chi connectivity index (χ0v) is 26.4. The van der Waals surface area contributed by atoms with Crippen molar-refractivity contribution < 1.29 is 24.2 Å². The summed E-state index contributed by atoms with van der Waals surface area (Å²) >= 11 is 19.0. The van der Waals surface area contributed by atoms with E-state index in [-0.39, 0.29) is 18.4 Å². The summed E-state index contributed by atoms with van der Waals surface area (Å²) in [4.78, 5) is 24.2. The molecule has 43 heavy (non-hydrogen) atoms. The van der Waals surface area contributed by atoms with E-state index in [0.29, 0.717) is 47.1 Å². The Morgan fingerprint density at radius 2 is 1.67 bits per heavy atom. The first kappa shape index (κ1) is 32.7. The van der Waals surface area contributed by atoms with E-state index in [0.717, 1.165) is 65.0 Å². The van der Waals surface area contributed by atoms with Gasteiger partial charge in [0.05, 0.1) is 15.1 Å². The molecule has 1 fully saturated rings. The second kappa shape index (κ2) is 15.5. The van der Waals surface area contributed by atoms with Crippen LogP contribution in [-0.4, -0.2) is 54.7 Å². The third kappa shape index (κ3) is 8.67. The maximum absolute atomic E-state index is 13.9. The van der Waals surface area contributed by atoms with Crippen LogP contribution in [0.2, 0.25) is 15.1 Å². The molecule has 0 unspecified atom stereocenters. The average Bonchev–Trinajstić information content (AvgIpc) is 3.84. The molecule has 1 aliphatic heterocycles. The summed E-state index contributed by atoms with van der Waals surface area (Å²) in [7, 11) is 0. The third-order valence-corrected chi connectivity index (χ3v) is 8.61. The van der Waals surface area contributed by atoms with E-state index in [1.54, 1.807) is 6.07 Å². The van der Waals surface area contributed by atoms with Crippen molar-refractivity contribution in [1.82, 2.24) is 10.2 Å². The summed E-state index contributed by atoms with van der Waals surface area (Å²) in [5.41, 5.74) is 6.05. The van der Waals surface area contributed by atoms with E-state index in [1.165, 1.54) is 0 Å². The van der Waals surface area contributed by atoms with Crippen molar-refractivity contribution >= 4 is 52.8 Å². The van der Waals surface area contributed by atoms with Crippen molar-refractivity contribution in [2.45, 2.75) is 45.7 Å². The van der Waals surface area contributed by atoms with Gasteiger partial charge in [0.15, 0.2) is 0 Å². The fourth-order valence-corrected chi connectivity index (χ4v) is 5.57. The summed E-state index contributed by atoms with van der Waals surface area (Å²) in [6, 6.07) is 17.6. The van der Waals surface area contributed by atoms with Crippen molar-refractivity contribution in [2.24, 2.45) is 0 Å². The van der Waals surface area contributed by atoms with Crippen LogP contribution < -0.4 is 14.8 Å². The van der Waals surface area contributed by atoms with Crippen molar-refractivity contribution in [1.29, 1.82) is 0 Å². The van der Waals surface area contributed by atoms with Gasteiger partial charge < -0.3 is 24.8 Å². The van der Waals surface area contributed by atoms with Gasteiger partial charge in [0.2, 0.25) is 0 Å². The first-order valence-corrected chi connectivity index (χ1v) is 15.2. The van der Waals surface area contributed by atoms with Crippen molar-refractivity contribution in [3.05, 3.63) is 97.5 Å². The highest BCUT2D eigenvalue weighted by Gasteiger charge is 2.35. The number of amides is 1. The molecular weight excluding hydrogens is 611 g/mol. The molecule has 228 valence electrons. The molecule has 3 aromatic rings. The topological polar surface area (TPSA) is 88.1 Å². The van der Waals surface area contributed by atoms with Gasteiger partial charge in [0.1, 0.15) is 24.7 Å². The van der Waals surface area contributed by atoms with Crippen LogP contribution in [0.5, 0.6) is 11.5 Å². The number of halogens is 3. The molecule has 1 saturated carbocycles. The third-order valence-electron chi connectivity index (χ3n) is 7.46. The van der Waals surface area contributed by atoms with E-state index in [9.17, 15) is 4.79 Å². The number of nitrogens with one attached hydrogen (secondary N) is 1. The fraction of sp³-hybridized carbons (Fsp3) is 0.333. The molecule has 0 aromatic heterocycles. The number of hydrogen-bond acceptors (Lipinski definition) is 5. The molecule has 1 amide bonds. The lowest BCUT2D eigenvalue weighted by Gasteiger charge is -2.28. The standard InChI is InChI=1S/C32H33Cl3N2O3.CH2O2/c1-20-16-29(34)30(17-21(20)2)40-15-14-39-25-10-6-22(7-11-25)26-12-13-36-18-27(26)32(38)37(24-8-9-24)19-23-4-3-5-28(33)31(23)35;2-1-3/h3-7,10-11,16-17,24,36H,8-9,12-15,18-19H2,1-2H3;1H,(H,2,3). The van der Waals surface area contributed by atoms with Gasteiger partial charge in [-0.25, -0.2) is 0 Å². The highest BCUT2D eigenvalue weighted by Crippen LogP contribution is 2.35. The Hall–Kier alpha value is -3.23. The molecule has 10 heteroatoms. The zero-order valence-electron chi connectivity index (χ0n) is 24.2. The van der Waals surface area contributed by atoms with E-state index < -0.39 is 0 Å². The van der Waals surface area contributed by atoms with Gasteiger partial charge in [-0.15, -0.1) is 0 Å². The number of aryl methyl sites for hydroxylation is 2. The maximum atomic E-state index is 13.9. The number of rotatable bonds is 10. The average molecular weight is 646 g/mol. The van der Waals surface area contributed by atoms with Gasteiger partial charge in [-0.2, -0.15) is 0 Å². The predicted octanol–water partition coefficient (Wildman–Crippen LogP) is 7.36.